The summed E-state index contributed by atoms with van der Waals surface area (Å²) >= 11 is 0. The summed E-state index contributed by atoms with van der Waals surface area (Å²) in [6, 6.07) is 0. The number of carbonyl (C=O) groups excluding carboxylic acids is 2. The van der Waals surface area contributed by atoms with E-state index in [9.17, 15) is 9.59 Å². The second kappa shape index (κ2) is 5.14. The number of ether oxygens (including phenoxy) is 2. The molecule has 1 saturated carbocycles. The van der Waals surface area contributed by atoms with Crippen LogP contribution in [0.1, 0.15) is 39.5 Å². The maximum Gasteiger partial charge on any atom is 0.333 e. The van der Waals surface area contributed by atoms with Gasteiger partial charge in [-0.1, -0.05) is 6.58 Å². The lowest BCUT2D eigenvalue weighted by molar-refractivity contribution is -0.167. The van der Waals surface area contributed by atoms with Crippen molar-refractivity contribution in [2.24, 2.45) is 0 Å². The summed E-state index contributed by atoms with van der Waals surface area (Å²) in [6.07, 6.45) is 3.48. The van der Waals surface area contributed by atoms with Gasteiger partial charge < -0.3 is 9.47 Å². The number of esters is 2. The highest BCUT2D eigenvalue weighted by atomic mass is 16.6. The molecule has 1 aliphatic carbocycles. The van der Waals surface area contributed by atoms with Gasteiger partial charge in [-0.2, -0.15) is 0 Å². The van der Waals surface area contributed by atoms with Crippen LogP contribution in [0.5, 0.6) is 0 Å². The van der Waals surface area contributed by atoms with E-state index in [1.165, 1.54) is 6.92 Å². The largest absolute Gasteiger partial charge is 0.462 e. The first-order valence-electron chi connectivity index (χ1n) is 5.47. The van der Waals surface area contributed by atoms with Gasteiger partial charge in [0, 0.05) is 12.5 Å². The van der Waals surface area contributed by atoms with E-state index >= 15 is 0 Å². The third-order valence-corrected chi connectivity index (χ3v) is 2.71. The van der Waals surface area contributed by atoms with E-state index in [1.54, 1.807) is 6.92 Å². The first-order chi connectivity index (χ1) is 7.45. The lowest BCUT2D eigenvalue weighted by Crippen LogP contribution is -2.38. The zero-order chi connectivity index (χ0) is 12.2. The molecule has 90 valence electrons. The highest BCUT2D eigenvalue weighted by Gasteiger charge is 2.39. The van der Waals surface area contributed by atoms with Crippen LogP contribution in [0.3, 0.4) is 0 Å². The van der Waals surface area contributed by atoms with Crippen LogP contribution in [0.2, 0.25) is 0 Å². The Hall–Kier alpha value is -1.32. The third-order valence-electron chi connectivity index (χ3n) is 2.71. The number of carbonyl (C=O) groups is 2. The summed E-state index contributed by atoms with van der Waals surface area (Å²) in [4.78, 5) is 22.3. The summed E-state index contributed by atoms with van der Waals surface area (Å²) in [7, 11) is 0. The van der Waals surface area contributed by atoms with Crippen molar-refractivity contribution in [1.29, 1.82) is 0 Å². The molecule has 0 aromatic heterocycles. The highest BCUT2D eigenvalue weighted by molar-refractivity contribution is 5.87. The van der Waals surface area contributed by atoms with Crippen LogP contribution >= 0.6 is 0 Å². The van der Waals surface area contributed by atoms with Crippen LogP contribution in [-0.4, -0.2) is 24.1 Å². The van der Waals surface area contributed by atoms with Crippen LogP contribution in [0, 0.1) is 0 Å². The van der Waals surface area contributed by atoms with Gasteiger partial charge in [-0.25, -0.2) is 4.79 Å². The van der Waals surface area contributed by atoms with E-state index in [2.05, 4.69) is 6.58 Å². The summed E-state index contributed by atoms with van der Waals surface area (Å²) in [5.74, 6) is -0.758. The Labute approximate surface area is 95.6 Å². The molecule has 0 atom stereocenters. The second-order valence-electron chi connectivity index (χ2n) is 4.34. The van der Waals surface area contributed by atoms with Crippen LogP contribution in [-0.2, 0) is 19.1 Å². The molecule has 1 aliphatic rings. The molecule has 0 unspecified atom stereocenters. The Kier molecular flexibility index (Phi) is 4.10. The molecule has 1 rings (SSSR count). The van der Waals surface area contributed by atoms with Gasteiger partial charge in [-0.3, -0.25) is 4.79 Å². The average molecular weight is 226 g/mol. The van der Waals surface area contributed by atoms with Gasteiger partial charge in [0.1, 0.15) is 12.2 Å². The van der Waals surface area contributed by atoms with Gasteiger partial charge in [0.2, 0.25) is 0 Å². The minimum atomic E-state index is -0.623. The predicted molar refractivity (Wildman–Crippen MR) is 58.7 cm³/mol. The van der Waals surface area contributed by atoms with E-state index < -0.39 is 11.6 Å². The third kappa shape index (κ3) is 3.36. The molecule has 0 aromatic carbocycles. The van der Waals surface area contributed by atoms with Crippen molar-refractivity contribution in [3.63, 3.8) is 0 Å². The molecule has 4 heteroatoms. The predicted octanol–water partition coefficient (Wildman–Crippen LogP) is 1.98. The van der Waals surface area contributed by atoms with Crippen LogP contribution in [0.15, 0.2) is 12.2 Å². The Balaban J connectivity index is 2.61. The van der Waals surface area contributed by atoms with Crippen LogP contribution in [0.4, 0.5) is 0 Å². The molecule has 4 nitrogen and oxygen atoms in total. The van der Waals surface area contributed by atoms with E-state index in [0.29, 0.717) is 5.57 Å². The average Bonchev–Trinajstić information content (AvgIpc) is 2.64. The molecule has 0 aromatic rings. The van der Waals surface area contributed by atoms with Crippen molar-refractivity contribution in [2.45, 2.75) is 45.1 Å². The van der Waals surface area contributed by atoms with Crippen LogP contribution in [0.25, 0.3) is 0 Å². The van der Waals surface area contributed by atoms with Gasteiger partial charge in [-0.15, -0.1) is 0 Å². The monoisotopic (exact) mass is 226 g/mol. The van der Waals surface area contributed by atoms with Crippen molar-refractivity contribution in [3.05, 3.63) is 12.2 Å². The SMILES string of the molecule is C=C(C)C(=O)OC1(COC(C)=O)CCCC1. The maximum absolute atomic E-state index is 11.5. The Morgan fingerprint density at radius 3 is 2.25 bits per heavy atom. The van der Waals surface area contributed by atoms with Crippen molar-refractivity contribution < 1.29 is 19.1 Å². The van der Waals surface area contributed by atoms with E-state index in [1.807, 2.05) is 0 Å². The van der Waals surface area contributed by atoms with Crippen molar-refractivity contribution in [1.82, 2.24) is 0 Å². The van der Waals surface area contributed by atoms with Crippen molar-refractivity contribution in [3.8, 4) is 0 Å². The van der Waals surface area contributed by atoms with Gasteiger partial charge in [0.05, 0.1) is 0 Å². The van der Waals surface area contributed by atoms with Gasteiger partial charge in [-0.05, 0) is 32.6 Å². The Bertz CT molecular complexity index is 300. The molecule has 16 heavy (non-hydrogen) atoms. The van der Waals surface area contributed by atoms with Gasteiger partial charge in [0.15, 0.2) is 0 Å². The number of hydrogen-bond acceptors (Lipinski definition) is 4. The molecule has 0 heterocycles. The molecule has 0 radical (unpaired) electrons. The topological polar surface area (TPSA) is 52.6 Å². The zero-order valence-corrected chi connectivity index (χ0v) is 9.88. The lowest BCUT2D eigenvalue weighted by Gasteiger charge is -2.28. The fourth-order valence-electron chi connectivity index (χ4n) is 1.81. The number of hydrogen-bond donors (Lipinski definition) is 0. The molecule has 0 aliphatic heterocycles. The second-order valence-corrected chi connectivity index (χ2v) is 4.34. The fraction of sp³-hybridized carbons (Fsp3) is 0.667. The van der Waals surface area contributed by atoms with Crippen molar-refractivity contribution >= 4 is 11.9 Å². The van der Waals surface area contributed by atoms with E-state index in [-0.39, 0.29) is 12.6 Å². The maximum atomic E-state index is 11.5. The smallest absolute Gasteiger partial charge is 0.333 e. The summed E-state index contributed by atoms with van der Waals surface area (Å²) in [6.45, 7) is 6.65. The summed E-state index contributed by atoms with van der Waals surface area (Å²) in [5, 5.41) is 0. The minimum Gasteiger partial charge on any atom is -0.462 e. The first kappa shape index (κ1) is 12.7. The lowest BCUT2D eigenvalue weighted by atomic mass is 10.0. The standard InChI is InChI=1S/C12H18O4/c1-9(2)11(14)16-12(6-4-5-7-12)8-15-10(3)13/h1,4-8H2,2-3H3. The molecule has 0 bridgehead atoms. The minimum absolute atomic E-state index is 0.154. The van der Waals surface area contributed by atoms with Gasteiger partial charge >= 0.3 is 11.9 Å². The quantitative estimate of drug-likeness (QED) is 0.543. The first-order valence-corrected chi connectivity index (χ1v) is 5.47. The Morgan fingerprint density at radius 2 is 1.81 bits per heavy atom. The highest BCUT2D eigenvalue weighted by Crippen LogP contribution is 2.34. The van der Waals surface area contributed by atoms with Crippen LogP contribution < -0.4 is 0 Å². The van der Waals surface area contributed by atoms with E-state index in [4.69, 9.17) is 9.47 Å². The molecular formula is C12H18O4. The Morgan fingerprint density at radius 1 is 1.25 bits per heavy atom. The summed E-state index contributed by atoms with van der Waals surface area (Å²) < 4.78 is 10.4. The zero-order valence-electron chi connectivity index (χ0n) is 9.88. The normalized spacial score (nSPS) is 17.9. The molecule has 0 amide bonds. The molecule has 0 N–H and O–H groups in total. The summed E-state index contributed by atoms with van der Waals surface area (Å²) in [5.41, 5.74) is -0.254. The molecular weight excluding hydrogens is 208 g/mol. The van der Waals surface area contributed by atoms with Gasteiger partial charge in [0.25, 0.3) is 0 Å². The number of rotatable bonds is 4. The molecule has 0 saturated heterocycles. The fourth-order valence-corrected chi connectivity index (χ4v) is 1.81. The molecule has 0 spiro atoms. The van der Waals surface area contributed by atoms with Crippen molar-refractivity contribution in [2.75, 3.05) is 6.61 Å². The van der Waals surface area contributed by atoms with E-state index in [0.717, 1.165) is 25.7 Å². The molecule has 1 fully saturated rings.